The summed E-state index contributed by atoms with van der Waals surface area (Å²) in [6.07, 6.45) is -2.89. The maximum atomic E-state index is 13.0. The number of hydrogen-bond acceptors (Lipinski definition) is 5. The highest BCUT2D eigenvalue weighted by molar-refractivity contribution is 6.22. The molecule has 0 saturated carbocycles. The number of ether oxygens (including phenoxy) is 1. The molecule has 9 heteroatoms. The first kappa shape index (κ1) is 19.7. The van der Waals surface area contributed by atoms with Crippen LogP contribution in [0.1, 0.15) is 20.8 Å². The van der Waals surface area contributed by atoms with Crippen molar-refractivity contribution in [1.82, 2.24) is 0 Å². The summed E-state index contributed by atoms with van der Waals surface area (Å²) in [7, 11) is 0. The van der Waals surface area contributed by atoms with E-state index in [0.717, 1.165) is 6.08 Å². The number of alkyl halides is 3. The Hall–Kier alpha value is -2.32. The van der Waals surface area contributed by atoms with Gasteiger partial charge in [-0.05, 0) is 26.8 Å². The summed E-state index contributed by atoms with van der Waals surface area (Å²) in [4.78, 5) is 25.4. The zero-order valence-corrected chi connectivity index (χ0v) is 12.3. The molecule has 124 valence electrons. The second-order valence-electron chi connectivity index (χ2n) is 4.62. The van der Waals surface area contributed by atoms with Crippen molar-refractivity contribution in [2.24, 2.45) is 16.1 Å². The van der Waals surface area contributed by atoms with Gasteiger partial charge in [0.05, 0.1) is 12.0 Å². The van der Waals surface area contributed by atoms with Crippen LogP contribution in [0, 0.1) is 5.41 Å². The number of nitrogens with two attached hydrogens (primary N) is 1. The molecule has 0 aromatic carbocycles. The summed E-state index contributed by atoms with van der Waals surface area (Å²) >= 11 is 0. The van der Waals surface area contributed by atoms with E-state index in [0.29, 0.717) is 12.4 Å². The highest BCUT2D eigenvalue weighted by Crippen LogP contribution is 2.24. The highest BCUT2D eigenvalue weighted by Gasteiger charge is 2.40. The molecule has 0 fully saturated rings. The van der Waals surface area contributed by atoms with E-state index >= 15 is 0 Å². The molecule has 0 aliphatic carbocycles. The number of carboxylic acids is 1. The van der Waals surface area contributed by atoms with Crippen molar-refractivity contribution in [1.29, 1.82) is 0 Å². The molecule has 6 nitrogen and oxygen atoms in total. The van der Waals surface area contributed by atoms with Crippen LogP contribution in [0.5, 0.6) is 0 Å². The van der Waals surface area contributed by atoms with Gasteiger partial charge in [-0.3, -0.25) is 9.79 Å². The number of aliphatic imine (C=N–C) groups is 1. The quantitative estimate of drug-likeness (QED) is 0.442. The number of carbonyl (C=O) groups is 2. The normalized spacial score (nSPS) is 14.3. The van der Waals surface area contributed by atoms with Gasteiger partial charge in [-0.1, -0.05) is 0 Å². The van der Waals surface area contributed by atoms with Crippen LogP contribution in [0.2, 0.25) is 0 Å². The van der Waals surface area contributed by atoms with Crippen LogP contribution in [-0.4, -0.2) is 35.5 Å². The van der Waals surface area contributed by atoms with Gasteiger partial charge in [0.25, 0.3) is 0 Å². The summed E-state index contributed by atoms with van der Waals surface area (Å²) in [5.41, 5.74) is 1.11. The number of esters is 1. The topological polar surface area (TPSA) is 102 Å². The van der Waals surface area contributed by atoms with E-state index in [1.807, 2.05) is 0 Å². The van der Waals surface area contributed by atoms with Gasteiger partial charge in [0.2, 0.25) is 0 Å². The van der Waals surface area contributed by atoms with E-state index < -0.39 is 34.8 Å². The monoisotopic (exact) mass is 322 g/mol. The van der Waals surface area contributed by atoms with E-state index in [1.165, 1.54) is 20.8 Å². The number of hydrogen-bond donors (Lipinski definition) is 2. The molecule has 0 aliphatic rings. The van der Waals surface area contributed by atoms with Crippen molar-refractivity contribution in [2.75, 3.05) is 6.61 Å². The molecule has 0 radical (unpaired) electrons. The maximum Gasteiger partial charge on any atom is 0.434 e. The van der Waals surface area contributed by atoms with Crippen LogP contribution in [0.25, 0.3) is 0 Å². The van der Waals surface area contributed by atoms with Gasteiger partial charge in [0.1, 0.15) is 5.57 Å². The average Bonchev–Trinajstić information content (AvgIpc) is 2.36. The van der Waals surface area contributed by atoms with Gasteiger partial charge in [-0.2, -0.15) is 13.2 Å². The molecular weight excluding hydrogens is 305 g/mol. The van der Waals surface area contributed by atoms with Crippen molar-refractivity contribution in [3.05, 3.63) is 24.0 Å². The molecule has 0 heterocycles. The van der Waals surface area contributed by atoms with Gasteiger partial charge in [0.15, 0.2) is 5.71 Å². The molecule has 0 aromatic heterocycles. The van der Waals surface area contributed by atoms with Crippen LogP contribution >= 0.6 is 0 Å². The Balaban J connectivity index is 5.67. The van der Waals surface area contributed by atoms with Crippen LogP contribution in [0.15, 0.2) is 29.0 Å². The van der Waals surface area contributed by atoms with Gasteiger partial charge < -0.3 is 15.6 Å². The lowest BCUT2D eigenvalue weighted by Crippen LogP contribution is -2.30. The first-order valence-corrected chi connectivity index (χ1v) is 6.12. The third-order valence-corrected chi connectivity index (χ3v) is 2.43. The summed E-state index contributed by atoms with van der Waals surface area (Å²) in [6, 6.07) is 0. The standard InChI is InChI=1S/C13H17F3N2O4/c1-4-22-10(19)8(7-17)9(13(14,15)16)18-6-5-12(2,3)11(20)21/h5-7H,4,17H2,1-3H3,(H,20,21)/b6-5+,8-7?,18-9?. The molecule has 0 aliphatic heterocycles. The molecular formula is C13H17F3N2O4. The Bertz CT molecular complexity index is 520. The van der Waals surface area contributed by atoms with Crippen molar-refractivity contribution >= 4 is 17.7 Å². The fourth-order valence-electron chi connectivity index (χ4n) is 1.12. The molecule has 0 rings (SSSR count). The van der Waals surface area contributed by atoms with Crippen molar-refractivity contribution in [3.8, 4) is 0 Å². The number of halogens is 3. The summed E-state index contributed by atoms with van der Waals surface area (Å²) in [5, 5.41) is 8.85. The fourth-order valence-corrected chi connectivity index (χ4v) is 1.12. The second kappa shape index (κ2) is 7.62. The van der Waals surface area contributed by atoms with Gasteiger partial charge in [-0.25, -0.2) is 4.79 Å². The molecule has 0 bridgehead atoms. The van der Waals surface area contributed by atoms with E-state index in [2.05, 4.69) is 9.73 Å². The predicted molar refractivity (Wildman–Crippen MR) is 73.0 cm³/mol. The zero-order valence-electron chi connectivity index (χ0n) is 12.3. The molecule has 0 amide bonds. The van der Waals surface area contributed by atoms with Crippen LogP contribution in [0.4, 0.5) is 13.2 Å². The molecule has 22 heavy (non-hydrogen) atoms. The number of nitrogens with zero attached hydrogens (tertiary/aromatic N) is 1. The molecule has 0 aromatic rings. The van der Waals surface area contributed by atoms with Crippen molar-refractivity contribution in [3.63, 3.8) is 0 Å². The molecule has 0 atom stereocenters. The van der Waals surface area contributed by atoms with Gasteiger partial charge >= 0.3 is 18.1 Å². The smallest absolute Gasteiger partial charge is 0.434 e. The maximum absolute atomic E-state index is 13.0. The number of carbonyl (C=O) groups excluding carboxylic acids is 1. The van der Waals surface area contributed by atoms with E-state index in [9.17, 15) is 22.8 Å². The van der Waals surface area contributed by atoms with E-state index in [-0.39, 0.29) is 6.61 Å². The molecule has 0 saturated heterocycles. The Labute approximate surface area is 125 Å². The predicted octanol–water partition coefficient (Wildman–Crippen LogP) is 2.02. The van der Waals surface area contributed by atoms with Gasteiger partial charge in [-0.15, -0.1) is 0 Å². The number of aliphatic carboxylic acids is 1. The van der Waals surface area contributed by atoms with Crippen molar-refractivity contribution in [2.45, 2.75) is 26.9 Å². The molecule has 0 spiro atoms. The lowest BCUT2D eigenvalue weighted by Gasteiger charge is -2.14. The van der Waals surface area contributed by atoms with Crippen LogP contribution < -0.4 is 5.73 Å². The summed E-state index contributed by atoms with van der Waals surface area (Å²) in [5.74, 6) is -2.51. The fraction of sp³-hybridized carbons (Fsp3) is 0.462. The van der Waals surface area contributed by atoms with Crippen LogP contribution in [0.3, 0.4) is 0 Å². The molecule has 3 N–H and O–H groups in total. The minimum Gasteiger partial charge on any atom is -0.481 e. The Kier molecular flexibility index (Phi) is 6.82. The first-order valence-electron chi connectivity index (χ1n) is 6.12. The Morgan fingerprint density at radius 2 is 1.86 bits per heavy atom. The number of rotatable bonds is 6. The lowest BCUT2D eigenvalue weighted by molar-refractivity contribution is -0.144. The second-order valence-corrected chi connectivity index (χ2v) is 4.62. The Morgan fingerprint density at radius 1 is 1.32 bits per heavy atom. The minimum absolute atomic E-state index is 0.136. The molecule has 0 unspecified atom stereocenters. The summed E-state index contributed by atoms with van der Waals surface area (Å²) < 4.78 is 43.3. The number of carboxylic acid groups (broad SMARTS) is 1. The Morgan fingerprint density at radius 3 is 2.23 bits per heavy atom. The zero-order chi connectivity index (χ0) is 17.6. The minimum atomic E-state index is -4.96. The van der Waals surface area contributed by atoms with Crippen LogP contribution in [-0.2, 0) is 14.3 Å². The third kappa shape index (κ3) is 5.58. The first-order chi connectivity index (χ1) is 9.97. The largest absolute Gasteiger partial charge is 0.481 e. The average molecular weight is 322 g/mol. The van der Waals surface area contributed by atoms with E-state index in [4.69, 9.17) is 10.8 Å². The highest BCUT2D eigenvalue weighted by atomic mass is 19.4. The van der Waals surface area contributed by atoms with Crippen molar-refractivity contribution < 1.29 is 32.6 Å². The SMILES string of the molecule is CCOC(=O)C(=CN)C(=N/C=C/C(C)(C)C(=O)O)C(F)(F)F. The van der Waals surface area contributed by atoms with E-state index in [1.54, 1.807) is 0 Å². The third-order valence-electron chi connectivity index (χ3n) is 2.43. The van der Waals surface area contributed by atoms with Gasteiger partial charge in [0, 0.05) is 12.4 Å². The summed E-state index contributed by atoms with van der Waals surface area (Å²) in [6.45, 7) is 3.84. The lowest BCUT2D eigenvalue weighted by atomic mass is 9.94.